The molecule has 0 aliphatic carbocycles. The van der Waals surface area contributed by atoms with Crippen LogP contribution in [0.25, 0.3) is 0 Å². The zero-order valence-electron chi connectivity index (χ0n) is 16.1. The van der Waals surface area contributed by atoms with Gasteiger partial charge in [-0.15, -0.1) is 0 Å². The van der Waals surface area contributed by atoms with Crippen LogP contribution in [0.2, 0.25) is 0 Å². The van der Waals surface area contributed by atoms with Crippen LogP contribution in [0.1, 0.15) is 54.4 Å². The number of amides is 1. The summed E-state index contributed by atoms with van der Waals surface area (Å²) in [6, 6.07) is 2.43. The zero-order valence-corrected chi connectivity index (χ0v) is 16.1. The maximum absolute atomic E-state index is 12.1. The Hall–Kier alpha value is -2.02. The molecule has 1 rings (SSSR count). The van der Waals surface area contributed by atoms with E-state index in [-0.39, 0.29) is 6.09 Å². The van der Waals surface area contributed by atoms with Gasteiger partial charge >= 0.3 is 6.09 Å². The van der Waals surface area contributed by atoms with Crippen LogP contribution in [0.5, 0.6) is 0 Å². The highest BCUT2D eigenvalue weighted by Crippen LogP contribution is 2.39. The SMILES string of the molecule is C=C/C(=C\C=C/C)C1(C#N)CCN(C(=O)OC(C)(C)C)CC1.CC. The second-order valence-corrected chi connectivity index (χ2v) is 6.51. The maximum Gasteiger partial charge on any atom is 0.410 e. The van der Waals surface area contributed by atoms with Crippen molar-refractivity contribution in [3.05, 3.63) is 36.5 Å². The third-order valence-electron chi connectivity index (χ3n) is 3.72. The summed E-state index contributed by atoms with van der Waals surface area (Å²) in [4.78, 5) is 13.8. The number of carbonyl (C=O) groups is 1. The van der Waals surface area contributed by atoms with E-state index in [4.69, 9.17) is 4.74 Å². The van der Waals surface area contributed by atoms with Gasteiger partial charge < -0.3 is 9.64 Å². The van der Waals surface area contributed by atoms with E-state index in [0.717, 1.165) is 5.57 Å². The Morgan fingerprint density at radius 1 is 1.29 bits per heavy atom. The van der Waals surface area contributed by atoms with Crippen LogP contribution in [0.15, 0.2) is 36.5 Å². The van der Waals surface area contributed by atoms with E-state index in [2.05, 4.69) is 12.6 Å². The predicted molar refractivity (Wildman–Crippen MR) is 99.5 cm³/mol. The van der Waals surface area contributed by atoms with Gasteiger partial charge in [0.25, 0.3) is 0 Å². The number of piperidine rings is 1. The van der Waals surface area contributed by atoms with Crippen molar-refractivity contribution in [3.63, 3.8) is 0 Å². The molecule has 0 radical (unpaired) electrons. The van der Waals surface area contributed by atoms with Crippen LogP contribution in [0.3, 0.4) is 0 Å². The highest BCUT2D eigenvalue weighted by atomic mass is 16.6. The molecular formula is C20H32N2O2. The summed E-state index contributed by atoms with van der Waals surface area (Å²) in [5, 5.41) is 9.66. The molecule has 1 aliphatic heterocycles. The topological polar surface area (TPSA) is 53.3 Å². The summed E-state index contributed by atoms with van der Waals surface area (Å²) in [6.45, 7) is 16.3. The fourth-order valence-electron chi connectivity index (χ4n) is 2.49. The number of allylic oxidation sites excluding steroid dienone is 5. The van der Waals surface area contributed by atoms with Crippen molar-refractivity contribution >= 4 is 6.09 Å². The number of carbonyl (C=O) groups excluding carboxylic acids is 1. The Labute approximate surface area is 147 Å². The molecule has 0 aromatic heterocycles. The Morgan fingerprint density at radius 3 is 2.21 bits per heavy atom. The quantitative estimate of drug-likeness (QED) is 0.664. The molecule has 0 aromatic carbocycles. The van der Waals surface area contributed by atoms with Gasteiger partial charge in [-0.05, 0) is 46.1 Å². The summed E-state index contributed by atoms with van der Waals surface area (Å²) in [5.41, 5.74) is -0.157. The van der Waals surface area contributed by atoms with E-state index in [1.807, 2.05) is 59.8 Å². The lowest BCUT2D eigenvalue weighted by Crippen LogP contribution is -2.45. The summed E-state index contributed by atoms with van der Waals surface area (Å²) in [5.74, 6) is 0. The van der Waals surface area contributed by atoms with Crippen LogP contribution >= 0.6 is 0 Å². The minimum absolute atomic E-state index is 0.309. The van der Waals surface area contributed by atoms with E-state index < -0.39 is 11.0 Å². The molecule has 0 saturated carbocycles. The average Bonchev–Trinajstić information content (AvgIpc) is 2.56. The second kappa shape index (κ2) is 9.97. The number of hydrogen-bond acceptors (Lipinski definition) is 3. The lowest BCUT2D eigenvalue weighted by Gasteiger charge is -2.38. The predicted octanol–water partition coefficient (Wildman–Crippen LogP) is 5.24. The fraction of sp³-hybridized carbons (Fsp3) is 0.600. The van der Waals surface area contributed by atoms with E-state index in [1.54, 1.807) is 11.0 Å². The van der Waals surface area contributed by atoms with E-state index in [9.17, 15) is 10.1 Å². The lowest BCUT2D eigenvalue weighted by atomic mass is 9.73. The van der Waals surface area contributed by atoms with Crippen molar-refractivity contribution in [2.45, 2.75) is 60.0 Å². The van der Waals surface area contributed by atoms with Gasteiger partial charge in [0.15, 0.2) is 0 Å². The minimum atomic E-state index is -0.570. The molecule has 1 fully saturated rings. The number of rotatable bonds is 3. The highest BCUT2D eigenvalue weighted by Gasteiger charge is 2.39. The molecule has 4 nitrogen and oxygen atoms in total. The normalized spacial score (nSPS) is 17.5. The first-order chi connectivity index (χ1) is 11.3. The molecule has 0 unspecified atom stereocenters. The average molecular weight is 332 g/mol. The van der Waals surface area contributed by atoms with Crippen molar-refractivity contribution in [1.29, 1.82) is 5.26 Å². The number of hydrogen-bond donors (Lipinski definition) is 0. The zero-order chi connectivity index (χ0) is 18.8. The summed E-state index contributed by atoms with van der Waals surface area (Å²) >= 11 is 0. The summed E-state index contributed by atoms with van der Waals surface area (Å²) < 4.78 is 5.39. The summed E-state index contributed by atoms with van der Waals surface area (Å²) in [6.07, 6.45) is 8.39. The van der Waals surface area contributed by atoms with Gasteiger partial charge in [0.2, 0.25) is 0 Å². The molecule has 134 valence electrons. The van der Waals surface area contributed by atoms with Gasteiger partial charge in [-0.3, -0.25) is 0 Å². The first kappa shape index (κ1) is 22.0. The monoisotopic (exact) mass is 332 g/mol. The third kappa shape index (κ3) is 6.23. The highest BCUT2D eigenvalue weighted by molar-refractivity contribution is 5.68. The van der Waals surface area contributed by atoms with Crippen LogP contribution in [0.4, 0.5) is 4.79 Å². The number of nitrogens with zero attached hydrogens (tertiary/aromatic N) is 2. The van der Waals surface area contributed by atoms with Gasteiger partial charge in [-0.25, -0.2) is 4.79 Å². The second-order valence-electron chi connectivity index (χ2n) is 6.51. The minimum Gasteiger partial charge on any atom is -0.444 e. The van der Waals surface area contributed by atoms with Gasteiger partial charge in [0.1, 0.15) is 5.60 Å². The van der Waals surface area contributed by atoms with Crippen molar-refractivity contribution in [2.24, 2.45) is 5.41 Å². The van der Waals surface area contributed by atoms with Crippen LogP contribution in [0, 0.1) is 16.7 Å². The van der Waals surface area contributed by atoms with Gasteiger partial charge in [-0.1, -0.05) is 44.7 Å². The molecule has 1 aliphatic rings. The molecule has 24 heavy (non-hydrogen) atoms. The Morgan fingerprint density at radius 2 is 1.83 bits per heavy atom. The van der Waals surface area contributed by atoms with Crippen molar-refractivity contribution < 1.29 is 9.53 Å². The molecule has 0 spiro atoms. The van der Waals surface area contributed by atoms with E-state index in [0.29, 0.717) is 25.9 Å². The van der Waals surface area contributed by atoms with Crippen LogP contribution in [-0.2, 0) is 4.74 Å². The molecule has 0 bridgehead atoms. The van der Waals surface area contributed by atoms with Gasteiger partial charge in [0.05, 0.1) is 11.5 Å². The Kier molecular flexibility index (Phi) is 9.13. The largest absolute Gasteiger partial charge is 0.444 e. The van der Waals surface area contributed by atoms with Crippen LogP contribution in [-0.4, -0.2) is 29.7 Å². The van der Waals surface area contributed by atoms with Crippen molar-refractivity contribution in [3.8, 4) is 6.07 Å². The standard InChI is InChI=1S/C18H26N2O2.C2H6/c1-6-8-9-15(7-2)18(14-19)10-12-20(13-11-18)16(21)22-17(3,4)5;1-2/h6-9H,2,10-13H2,1,3-5H3;1-2H3/b8-6-,15-9+;. The molecule has 0 atom stereocenters. The van der Waals surface area contributed by atoms with Crippen LogP contribution < -0.4 is 0 Å². The third-order valence-corrected chi connectivity index (χ3v) is 3.72. The van der Waals surface area contributed by atoms with E-state index in [1.165, 1.54) is 0 Å². The Bertz CT molecular complexity index is 511. The number of likely N-dealkylation sites (tertiary alicyclic amines) is 1. The molecule has 1 saturated heterocycles. The molecule has 1 amide bonds. The Balaban J connectivity index is 0.00000254. The number of ether oxygens (including phenoxy) is 1. The van der Waals surface area contributed by atoms with E-state index >= 15 is 0 Å². The first-order valence-electron chi connectivity index (χ1n) is 8.63. The van der Waals surface area contributed by atoms with Crippen molar-refractivity contribution in [2.75, 3.05) is 13.1 Å². The van der Waals surface area contributed by atoms with Gasteiger partial charge in [0, 0.05) is 13.1 Å². The van der Waals surface area contributed by atoms with Crippen molar-refractivity contribution in [1.82, 2.24) is 4.90 Å². The molecule has 0 N–H and O–H groups in total. The molecule has 1 heterocycles. The molecule has 4 heteroatoms. The fourth-order valence-corrected chi connectivity index (χ4v) is 2.49. The maximum atomic E-state index is 12.1. The first-order valence-corrected chi connectivity index (χ1v) is 8.63. The smallest absolute Gasteiger partial charge is 0.410 e. The summed E-state index contributed by atoms with van der Waals surface area (Å²) in [7, 11) is 0. The number of nitriles is 1. The molecular weight excluding hydrogens is 300 g/mol. The molecule has 0 aromatic rings. The van der Waals surface area contributed by atoms with Gasteiger partial charge in [-0.2, -0.15) is 5.26 Å². The lowest BCUT2D eigenvalue weighted by molar-refractivity contribution is 0.0169.